The van der Waals surface area contributed by atoms with Gasteiger partial charge in [-0.15, -0.1) is 0 Å². The van der Waals surface area contributed by atoms with Gasteiger partial charge in [0.25, 0.3) is 20.0 Å². The number of aromatic amines is 1. The Bertz CT molecular complexity index is 2380. The lowest BCUT2D eigenvalue weighted by molar-refractivity contribution is -0.144. The number of hydrogen-bond donors (Lipinski definition) is 3. The van der Waals surface area contributed by atoms with Crippen LogP contribution in [-0.2, 0) is 55.6 Å². The highest BCUT2D eigenvalue weighted by atomic mass is 32.2. The molecular formula is C36H31F12N3O4S2. The molecule has 0 radical (unpaired) electrons. The van der Waals surface area contributed by atoms with Gasteiger partial charge in [0.05, 0.1) is 44.7 Å². The van der Waals surface area contributed by atoms with Crippen molar-refractivity contribution in [3.63, 3.8) is 0 Å². The maximum atomic E-state index is 14.1. The average Bonchev–Trinajstić information content (AvgIpc) is 3.39. The molecule has 0 fully saturated rings. The van der Waals surface area contributed by atoms with Gasteiger partial charge in [0, 0.05) is 10.8 Å². The summed E-state index contributed by atoms with van der Waals surface area (Å²) in [6, 6.07) is 5.21. The van der Waals surface area contributed by atoms with E-state index < -0.39 is 110 Å². The zero-order valence-corrected chi connectivity index (χ0v) is 31.9. The minimum atomic E-state index is -5.33. The number of halogens is 12. The Morgan fingerprint density at radius 2 is 0.667 bits per heavy atom. The van der Waals surface area contributed by atoms with E-state index in [0.717, 1.165) is 12.1 Å². The molecule has 57 heavy (non-hydrogen) atoms. The van der Waals surface area contributed by atoms with Crippen LogP contribution in [0.1, 0.15) is 74.9 Å². The molecule has 310 valence electrons. The lowest BCUT2D eigenvalue weighted by atomic mass is 9.85. The molecule has 0 saturated carbocycles. The van der Waals surface area contributed by atoms with E-state index in [-0.39, 0.29) is 58.3 Å². The molecule has 5 aromatic rings. The minimum Gasteiger partial charge on any atom is -0.352 e. The van der Waals surface area contributed by atoms with Crippen LogP contribution < -0.4 is 9.44 Å². The van der Waals surface area contributed by atoms with Crippen LogP contribution in [0.15, 0.2) is 70.5 Å². The van der Waals surface area contributed by atoms with E-state index in [2.05, 4.69) is 4.98 Å². The summed E-state index contributed by atoms with van der Waals surface area (Å²) in [6.07, 6.45) is -21.3. The van der Waals surface area contributed by atoms with Crippen molar-refractivity contribution in [1.29, 1.82) is 0 Å². The summed E-state index contributed by atoms with van der Waals surface area (Å²) in [5, 5.41) is -0.0300. The number of H-pyrrole nitrogens is 1. The van der Waals surface area contributed by atoms with Crippen molar-refractivity contribution in [2.75, 3.05) is 9.44 Å². The predicted molar refractivity (Wildman–Crippen MR) is 188 cm³/mol. The van der Waals surface area contributed by atoms with Gasteiger partial charge in [-0.3, -0.25) is 9.44 Å². The molecule has 0 aliphatic carbocycles. The number of aromatic nitrogens is 1. The third-order valence-electron chi connectivity index (χ3n) is 8.74. The zero-order valence-electron chi connectivity index (χ0n) is 30.3. The molecule has 5 rings (SSSR count). The summed E-state index contributed by atoms with van der Waals surface area (Å²) >= 11 is 0. The van der Waals surface area contributed by atoms with Crippen LogP contribution in [0, 0.1) is 0 Å². The fraction of sp³-hybridized carbons (Fsp3) is 0.333. The summed E-state index contributed by atoms with van der Waals surface area (Å²) in [5.74, 6) is 0. The van der Waals surface area contributed by atoms with Gasteiger partial charge in [-0.05, 0) is 82.6 Å². The second-order valence-corrected chi connectivity index (χ2v) is 18.5. The van der Waals surface area contributed by atoms with Gasteiger partial charge in [-0.1, -0.05) is 41.5 Å². The molecule has 0 saturated heterocycles. The fourth-order valence-corrected chi connectivity index (χ4v) is 8.28. The van der Waals surface area contributed by atoms with E-state index in [4.69, 9.17) is 0 Å². The number of nitrogens with one attached hydrogen (secondary N) is 3. The molecule has 0 aliphatic heterocycles. The van der Waals surface area contributed by atoms with Crippen molar-refractivity contribution in [2.24, 2.45) is 0 Å². The van der Waals surface area contributed by atoms with Crippen LogP contribution in [-0.4, -0.2) is 21.8 Å². The van der Waals surface area contributed by atoms with Gasteiger partial charge in [0.2, 0.25) is 0 Å². The van der Waals surface area contributed by atoms with Gasteiger partial charge in [-0.25, -0.2) is 16.8 Å². The highest BCUT2D eigenvalue weighted by Crippen LogP contribution is 2.43. The van der Waals surface area contributed by atoms with Crippen LogP contribution in [0.3, 0.4) is 0 Å². The maximum Gasteiger partial charge on any atom is 0.416 e. The Hall–Kier alpha value is -4.66. The second kappa shape index (κ2) is 13.5. The van der Waals surface area contributed by atoms with E-state index in [1.807, 2.05) is 0 Å². The Morgan fingerprint density at radius 3 is 0.895 bits per heavy atom. The highest BCUT2D eigenvalue weighted by molar-refractivity contribution is 7.93. The van der Waals surface area contributed by atoms with Gasteiger partial charge in [0.1, 0.15) is 9.79 Å². The number of sulfonamides is 2. The number of alkyl halides is 12. The molecule has 4 aromatic carbocycles. The zero-order chi connectivity index (χ0) is 43.3. The Balaban J connectivity index is 1.82. The molecule has 1 aromatic heterocycles. The Kier molecular flexibility index (Phi) is 10.3. The molecular weight excluding hydrogens is 831 g/mol. The topological polar surface area (TPSA) is 108 Å². The largest absolute Gasteiger partial charge is 0.416 e. The second-order valence-electron chi connectivity index (χ2n) is 15.2. The summed E-state index contributed by atoms with van der Waals surface area (Å²) in [4.78, 5) is 1.13. The SMILES string of the molecule is CC(C)(C)c1cc(S(=O)(=O)Nc2cc(C(F)(F)F)cc(C(F)(F)F)c2)c2[nH]c3c(S(=O)(=O)Nc4cc(C(F)(F)F)cc(C(F)(F)F)c4)cc(C(C)(C)C)cc3c2c1. The van der Waals surface area contributed by atoms with Crippen LogP contribution in [0.25, 0.3) is 21.8 Å². The van der Waals surface area contributed by atoms with Gasteiger partial charge in [0.15, 0.2) is 0 Å². The summed E-state index contributed by atoms with van der Waals surface area (Å²) in [5.41, 5.74) is -11.7. The van der Waals surface area contributed by atoms with Crippen molar-refractivity contribution < 1.29 is 69.5 Å². The van der Waals surface area contributed by atoms with Crippen molar-refractivity contribution >= 4 is 53.2 Å². The number of anilines is 2. The molecule has 0 spiro atoms. The lowest BCUT2D eigenvalue weighted by Gasteiger charge is -2.22. The van der Waals surface area contributed by atoms with E-state index in [9.17, 15) is 69.5 Å². The van der Waals surface area contributed by atoms with E-state index in [0.29, 0.717) is 0 Å². The molecule has 0 aliphatic rings. The average molecular weight is 862 g/mol. The first kappa shape index (κ1) is 43.5. The van der Waals surface area contributed by atoms with Crippen LogP contribution >= 0.6 is 0 Å². The molecule has 0 bridgehead atoms. The predicted octanol–water partition coefficient (Wildman–Crippen LogP) is 11.6. The quantitative estimate of drug-likeness (QED) is 0.148. The molecule has 0 unspecified atom stereocenters. The first-order valence-electron chi connectivity index (χ1n) is 16.3. The standard InChI is InChI=1S/C36H31F12N3O4S2/c1-31(2,3)17-13-25-26-14-18(32(4,5)6)16-28(57(54,55)51-24-11-21(35(43,44)45)8-22(12-24)36(46,47)48)30(26)49-29(25)27(15-17)56(52,53)50-23-9-19(33(37,38)39)7-20(10-23)34(40,41)42/h7-16,49-51H,1-6H3. The minimum absolute atomic E-state index is 0.0150. The number of rotatable bonds is 6. The normalized spacial score (nSPS) is 14.1. The molecule has 1 heterocycles. The molecule has 21 heteroatoms. The number of hydrogen-bond acceptors (Lipinski definition) is 4. The maximum absolute atomic E-state index is 14.1. The summed E-state index contributed by atoms with van der Waals surface area (Å²) < 4.78 is 223. The van der Waals surface area contributed by atoms with Crippen molar-refractivity contribution in [1.82, 2.24) is 4.98 Å². The van der Waals surface area contributed by atoms with Crippen molar-refractivity contribution in [3.05, 3.63) is 94.0 Å². The van der Waals surface area contributed by atoms with Crippen molar-refractivity contribution in [3.8, 4) is 0 Å². The number of benzene rings is 4. The first-order chi connectivity index (χ1) is 25.5. The number of fused-ring (bicyclic) bond motifs is 3. The third kappa shape index (κ3) is 9.08. The molecule has 3 N–H and O–H groups in total. The summed E-state index contributed by atoms with van der Waals surface area (Å²) in [7, 11) is -10.3. The monoisotopic (exact) mass is 861 g/mol. The Morgan fingerprint density at radius 1 is 0.404 bits per heavy atom. The van der Waals surface area contributed by atoms with E-state index in [1.54, 1.807) is 51.0 Å². The van der Waals surface area contributed by atoms with Crippen LogP contribution in [0.2, 0.25) is 0 Å². The third-order valence-corrected chi connectivity index (χ3v) is 11.5. The first-order valence-corrected chi connectivity index (χ1v) is 19.2. The molecule has 0 amide bonds. The fourth-order valence-electron chi connectivity index (χ4n) is 5.78. The van der Waals surface area contributed by atoms with Gasteiger partial charge >= 0.3 is 24.7 Å². The van der Waals surface area contributed by atoms with Gasteiger partial charge in [-0.2, -0.15) is 52.7 Å². The van der Waals surface area contributed by atoms with E-state index in [1.165, 1.54) is 12.1 Å². The van der Waals surface area contributed by atoms with Crippen LogP contribution in [0.5, 0.6) is 0 Å². The van der Waals surface area contributed by atoms with Crippen LogP contribution in [0.4, 0.5) is 64.1 Å². The highest BCUT2D eigenvalue weighted by Gasteiger charge is 2.39. The lowest BCUT2D eigenvalue weighted by Crippen LogP contribution is -2.18. The van der Waals surface area contributed by atoms with Gasteiger partial charge < -0.3 is 4.98 Å². The molecule has 7 nitrogen and oxygen atoms in total. The molecule has 0 atom stereocenters. The van der Waals surface area contributed by atoms with Crippen molar-refractivity contribution in [2.45, 2.75) is 86.9 Å². The van der Waals surface area contributed by atoms with E-state index >= 15 is 0 Å². The Labute approximate surface area is 317 Å². The summed E-state index contributed by atoms with van der Waals surface area (Å²) in [6.45, 7) is 9.83. The smallest absolute Gasteiger partial charge is 0.352 e.